The van der Waals surface area contributed by atoms with E-state index in [4.69, 9.17) is 27.9 Å². The number of likely N-dealkylation sites (tertiary alicyclic amines) is 1. The number of ether oxygens (including phenoxy) is 1. The van der Waals surface area contributed by atoms with Crippen LogP contribution >= 0.6 is 23.2 Å². The predicted octanol–water partition coefficient (Wildman–Crippen LogP) is 6.23. The number of hydrogen-bond donors (Lipinski definition) is 1. The molecule has 1 aliphatic carbocycles. The van der Waals surface area contributed by atoms with Gasteiger partial charge in [-0.25, -0.2) is 9.18 Å². The van der Waals surface area contributed by atoms with Crippen molar-refractivity contribution in [3.8, 4) is 5.75 Å². The van der Waals surface area contributed by atoms with E-state index in [1.165, 1.54) is 29.0 Å². The Kier molecular flexibility index (Phi) is 8.72. The van der Waals surface area contributed by atoms with Crippen LogP contribution in [0.5, 0.6) is 5.75 Å². The molecule has 2 amide bonds. The monoisotopic (exact) mass is 643 g/mol. The Balaban J connectivity index is 1.42. The molecule has 5 rings (SSSR count). The van der Waals surface area contributed by atoms with Crippen LogP contribution in [0, 0.1) is 17.2 Å². The summed E-state index contributed by atoms with van der Waals surface area (Å²) in [5.74, 6) is -2.87. The highest BCUT2D eigenvalue weighted by molar-refractivity contribution is 6.42. The van der Waals surface area contributed by atoms with Crippen molar-refractivity contribution in [1.82, 2.24) is 15.1 Å². The maximum Gasteiger partial charge on any atom is 0.415 e. The van der Waals surface area contributed by atoms with Crippen molar-refractivity contribution in [2.24, 2.45) is 11.3 Å². The zero-order valence-electron chi connectivity index (χ0n) is 23.4. The second-order valence-corrected chi connectivity index (χ2v) is 12.3. The Morgan fingerprint density at radius 1 is 1.02 bits per heavy atom. The largest absolute Gasteiger partial charge is 0.415 e. The van der Waals surface area contributed by atoms with Crippen LogP contribution in [0.25, 0.3) is 0 Å². The maximum atomic E-state index is 14.5. The van der Waals surface area contributed by atoms with Gasteiger partial charge in [0.15, 0.2) is 5.78 Å². The molecule has 2 aromatic carbocycles. The van der Waals surface area contributed by atoms with Gasteiger partial charge in [-0.15, -0.1) is 0 Å². The molecule has 0 spiro atoms. The first-order chi connectivity index (χ1) is 20.3. The summed E-state index contributed by atoms with van der Waals surface area (Å²) in [6, 6.07) is 9.83. The fraction of sp³-hybridized carbons (Fsp3) is 0.500. The van der Waals surface area contributed by atoms with Crippen LogP contribution in [0.4, 0.5) is 22.4 Å². The van der Waals surface area contributed by atoms with Gasteiger partial charge < -0.3 is 15.0 Å². The van der Waals surface area contributed by atoms with Gasteiger partial charge in [0.2, 0.25) is 5.91 Å². The van der Waals surface area contributed by atoms with E-state index >= 15 is 0 Å². The van der Waals surface area contributed by atoms with Crippen LogP contribution in [0.3, 0.4) is 0 Å². The summed E-state index contributed by atoms with van der Waals surface area (Å²) in [6.45, 7) is 0.376. The Hall–Kier alpha value is -2.89. The molecule has 13 heteroatoms. The zero-order chi connectivity index (χ0) is 31.2. The summed E-state index contributed by atoms with van der Waals surface area (Å²) < 4.78 is 60.4. The summed E-state index contributed by atoms with van der Waals surface area (Å²) in [6.07, 6.45) is -5.30. The lowest BCUT2D eigenvalue weighted by Gasteiger charge is -2.47. The van der Waals surface area contributed by atoms with Gasteiger partial charge in [0.1, 0.15) is 22.5 Å². The highest BCUT2D eigenvalue weighted by Crippen LogP contribution is 2.54. The van der Waals surface area contributed by atoms with Gasteiger partial charge in [-0.05, 0) is 67.6 Å². The van der Waals surface area contributed by atoms with Gasteiger partial charge in [-0.2, -0.15) is 13.2 Å². The molecule has 7 nitrogen and oxygen atoms in total. The van der Waals surface area contributed by atoms with Gasteiger partial charge in [-0.3, -0.25) is 14.5 Å². The van der Waals surface area contributed by atoms with E-state index in [1.807, 2.05) is 0 Å². The number of carbonyl (C=O) groups is 3. The number of carbonyl (C=O) groups excluding carboxylic acids is 3. The molecule has 2 saturated heterocycles. The smallest absolute Gasteiger partial charge is 0.410 e. The van der Waals surface area contributed by atoms with Crippen LogP contribution < -0.4 is 10.1 Å². The van der Waals surface area contributed by atoms with Crippen LogP contribution in [-0.4, -0.2) is 72.5 Å². The van der Waals surface area contributed by atoms with Gasteiger partial charge in [0.25, 0.3) is 0 Å². The molecule has 2 atom stereocenters. The predicted molar refractivity (Wildman–Crippen MR) is 152 cm³/mol. The third-order valence-electron chi connectivity index (χ3n) is 9.30. The molecule has 0 aromatic heterocycles. The molecular weight excluding hydrogens is 613 g/mol. The van der Waals surface area contributed by atoms with Crippen LogP contribution in [0.1, 0.15) is 43.6 Å². The normalized spacial score (nSPS) is 23.9. The van der Waals surface area contributed by atoms with Crippen molar-refractivity contribution in [3.05, 3.63) is 63.9 Å². The zero-order valence-corrected chi connectivity index (χ0v) is 24.9. The van der Waals surface area contributed by atoms with E-state index in [-0.39, 0.29) is 61.9 Å². The molecule has 3 fully saturated rings. The number of rotatable bonds is 6. The number of Topliss-reactive ketones (excluding diaryl/α,β-unsaturated/α-hetero) is 1. The molecule has 2 aliphatic heterocycles. The van der Waals surface area contributed by atoms with Gasteiger partial charge in [0.05, 0.1) is 10.0 Å². The topological polar surface area (TPSA) is 79.0 Å². The molecular formula is C30H31Cl2F4N3O4. The molecule has 232 valence electrons. The summed E-state index contributed by atoms with van der Waals surface area (Å²) >= 11 is 12.5. The Labute approximate surface area is 256 Å². The molecule has 0 radical (unpaired) electrons. The summed E-state index contributed by atoms with van der Waals surface area (Å²) in [5, 5.41) is 3.80. The quantitative estimate of drug-likeness (QED) is 0.378. The lowest BCUT2D eigenvalue weighted by Crippen LogP contribution is -2.63. The van der Waals surface area contributed by atoms with E-state index in [0.29, 0.717) is 23.6 Å². The number of alkyl halides is 3. The minimum atomic E-state index is -4.63. The molecule has 2 aromatic rings. The van der Waals surface area contributed by atoms with E-state index in [9.17, 15) is 31.9 Å². The van der Waals surface area contributed by atoms with Crippen LogP contribution in [0.15, 0.2) is 42.5 Å². The molecule has 0 bridgehead atoms. The number of ketones is 1. The molecule has 0 unspecified atom stereocenters. The summed E-state index contributed by atoms with van der Waals surface area (Å²) in [5.41, 5.74) is -3.16. The minimum absolute atomic E-state index is 0.00222. The number of nitrogens with zero attached hydrogens (tertiary/aromatic N) is 2. The van der Waals surface area contributed by atoms with E-state index in [1.54, 1.807) is 18.2 Å². The number of halogens is 6. The average molecular weight is 644 g/mol. The van der Waals surface area contributed by atoms with E-state index in [0.717, 1.165) is 12.1 Å². The van der Waals surface area contributed by atoms with Crippen molar-refractivity contribution in [3.63, 3.8) is 0 Å². The first-order valence-corrected chi connectivity index (χ1v) is 14.8. The lowest BCUT2D eigenvalue weighted by molar-refractivity contribution is -0.249. The average Bonchev–Trinajstić information content (AvgIpc) is 3.39. The maximum absolute atomic E-state index is 14.5. The lowest BCUT2D eigenvalue weighted by atomic mass is 9.66. The Morgan fingerprint density at radius 3 is 2.23 bits per heavy atom. The number of benzene rings is 2. The molecule has 3 aliphatic rings. The fourth-order valence-electron chi connectivity index (χ4n) is 6.58. The van der Waals surface area contributed by atoms with Crippen LogP contribution in [-0.2, 0) is 9.59 Å². The van der Waals surface area contributed by atoms with Gasteiger partial charge >= 0.3 is 12.3 Å². The third kappa shape index (κ3) is 5.60. The Bertz CT molecular complexity index is 1390. The highest BCUT2D eigenvalue weighted by Gasteiger charge is 2.64. The summed E-state index contributed by atoms with van der Waals surface area (Å²) in [4.78, 5) is 43.5. The number of hydrogen-bond acceptors (Lipinski definition) is 5. The van der Waals surface area contributed by atoms with E-state index in [2.05, 4.69) is 5.32 Å². The fourth-order valence-corrected chi connectivity index (χ4v) is 6.89. The number of piperidine rings is 1. The Morgan fingerprint density at radius 2 is 1.67 bits per heavy atom. The van der Waals surface area contributed by atoms with Crippen molar-refractivity contribution >= 4 is 41.0 Å². The molecule has 2 heterocycles. The molecule has 1 N–H and O–H groups in total. The summed E-state index contributed by atoms with van der Waals surface area (Å²) in [7, 11) is 1.45. The number of amides is 2. The second-order valence-electron chi connectivity index (χ2n) is 11.5. The third-order valence-corrected chi connectivity index (χ3v) is 10.0. The van der Waals surface area contributed by atoms with Crippen molar-refractivity contribution < 1.29 is 36.7 Å². The molecule has 43 heavy (non-hydrogen) atoms. The van der Waals surface area contributed by atoms with Crippen molar-refractivity contribution in [2.75, 3.05) is 33.2 Å². The van der Waals surface area contributed by atoms with E-state index < -0.39 is 46.8 Å². The van der Waals surface area contributed by atoms with Gasteiger partial charge in [0, 0.05) is 45.1 Å². The van der Waals surface area contributed by atoms with Crippen LogP contribution in [0.2, 0.25) is 10.0 Å². The standard InChI is InChI=1S/C30H31Cl2F4N3O4/c1-38(27(42)43-21-6-4-20(33)5-7-21)29(17-37-16-22(29)19-3-8-23(31)24(32)15-19)25(40)18-9-13-39(14-10-18)26(41)28(11-2-12-28)30(34,35)36/h3-8,15,18,22,37H,2,9-14,16-17H2,1H3/t22-,29+/m0/s1. The first kappa shape index (κ1) is 31.5. The van der Waals surface area contributed by atoms with Gasteiger partial charge in [-0.1, -0.05) is 35.7 Å². The SMILES string of the molecule is CN(C(=O)Oc1ccc(F)cc1)[C@]1(C(=O)C2CCN(C(=O)C3(C(F)(F)F)CCC3)CC2)CNC[C@H]1c1ccc(Cl)c(Cl)c1. The van der Waals surface area contributed by atoms with Crippen molar-refractivity contribution in [1.29, 1.82) is 0 Å². The second kappa shape index (κ2) is 11.9. The first-order valence-electron chi connectivity index (χ1n) is 14.1. The van der Waals surface area contributed by atoms with Crippen molar-refractivity contribution in [2.45, 2.75) is 49.7 Å². The number of nitrogens with one attached hydrogen (secondary N) is 1. The minimum Gasteiger partial charge on any atom is -0.410 e. The highest BCUT2D eigenvalue weighted by atomic mass is 35.5. The number of likely N-dealkylation sites (N-methyl/N-ethyl adjacent to an activating group) is 1. The molecule has 1 saturated carbocycles.